The number of nitrogens with one attached hydrogen (secondary N) is 1. The van der Waals surface area contributed by atoms with Gasteiger partial charge in [-0.05, 0) is 44.2 Å². The van der Waals surface area contributed by atoms with E-state index in [1.165, 1.54) is 11.3 Å². The fourth-order valence-corrected chi connectivity index (χ4v) is 4.32. The smallest absolute Gasteiger partial charge is 0.258 e. The van der Waals surface area contributed by atoms with Gasteiger partial charge in [-0.1, -0.05) is 12.1 Å². The Balaban J connectivity index is 1.52. The second kappa shape index (κ2) is 8.51. The minimum Gasteiger partial charge on any atom is -0.496 e. The molecule has 5 aromatic rings. The number of para-hydroxylation sites is 1. The van der Waals surface area contributed by atoms with E-state index in [9.17, 15) is 4.79 Å². The molecule has 1 N–H and O–H groups in total. The van der Waals surface area contributed by atoms with Crippen LogP contribution in [0.4, 0.5) is 5.13 Å². The zero-order valence-corrected chi connectivity index (χ0v) is 19.1. The molecule has 8 nitrogen and oxygen atoms in total. The summed E-state index contributed by atoms with van der Waals surface area (Å²) in [6.07, 6.45) is 3.25. The highest BCUT2D eigenvalue weighted by Gasteiger charge is 2.20. The number of furan rings is 1. The first-order chi connectivity index (χ1) is 16.0. The molecule has 0 saturated heterocycles. The molecule has 1 amide bonds. The summed E-state index contributed by atoms with van der Waals surface area (Å²) in [6.45, 7) is 4.03. The van der Waals surface area contributed by atoms with Gasteiger partial charge in [-0.2, -0.15) is 5.10 Å². The number of fused-ring (bicyclic) bond motifs is 1. The lowest BCUT2D eigenvalue weighted by Gasteiger charge is -2.09. The Hall–Kier alpha value is -3.98. The minimum atomic E-state index is -0.292. The molecule has 0 spiro atoms. The number of benzene rings is 1. The van der Waals surface area contributed by atoms with Crippen molar-refractivity contribution in [2.75, 3.05) is 12.4 Å². The summed E-state index contributed by atoms with van der Waals surface area (Å²) in [7, 11) is 1.62. The highest BCUT2D eigenvalue weighted by Crippen LogP contribution is 2.33. The number of thiazole rings is 1. The average Bonchev–Trinajstić information content (AvgIpc) is 3.58. The van der Waals surface area contributed by atoms with Crippen LogP contribution < -0.4 is 10.1 Å². The summed E-state index contributed by atoms with van der Waals surface area (Å²) in [6, 6.07) is 13.0. The van der Waals surface area contributed by atoms with Crippen molar-refractivity contribution in [2.24, 2.45) is 0 Å². The molecule has 4 heterocycles. The number of hydrogen-bond acceptors (Lipinski definition) is 7. The van der Waals surface area contributed by atoms with E-state index in [-0.39, 0.29) is 11.9 Å². The van der Waals surface area contributed by atoms with Gasteiger partial charge in [-0.3, -0.25) is 10.1 Å². The Kier molecular flexibility index (Phi) is 5.39. The fourth-order valence-electron chi connectivity index (χ4n) is 3.61. The summed E-state index contributed by atoms with van der Waals surface area (Å²) < 4.78 is 12.7. The average molecular weight is 460 g/mol. The third kappa shape index (κ3) is 3.87. The Morgan fingerprint density at radius 2 is 2.00 bits per heavy atom. The molecule has 0 aliphatic heterocycles. The lowest BCUT2D eigenvalue weighted by atomic mass is 10.1. The van der Waals surface area contributed by atoms with Gasteiger partial charge in [-0.25, -0.2) is 14.6 Å². The third-order valence-corrected chi connectivity index (χ3v) is 5.94. The lowest BCUT2D eigenvalue weighted by molar-refractivity contribution is 0.102. The first-order valence-electron chi connectivity index (χ1n) is 10.4. The van der Waals surface area contributed by atoms with Crippen molar-refractivity contribution >= 4 is 33.4 Å². The minimum absolute atomic E-state index is 0.0835. The maximum atomic E-state index is 13.3. The van der Waals surface area contributed by atoms with Crippen LogP contribution in [-0.4, -0.2) is 32.8 Å². The van der Waals surface area contributed by atoms with Gasteiger partial charge in [0.2, 0.25) is 0 Å². The van der Waals surface area contributed by atoms with Gasteiger partial charge in [0.1, 0.15) is 11.4 Å². The highest BCUT2D eigenvalue weighted by atomic mass is 32.1. The zero-order chi connectivity index (χ0) is 22.9. The summed E-state index contributed by atoms with van der Waals surface area (Å²) in [4.78, 5) is 22.6. The van der Waals surface area contributed by atoms with Crippen LogP contribution >= 0.6 is 11.3 Å². The molecular formula is C24H21N5O3S. The quantitative estimate of drug-likeness (QED) is 0.352. The Morgan fingerprint density at radius 3 is 2.76 bits per heavy atom. The monoisotopic (exact) mass is 459 g/mol. The molecule has 5 rings (SSSR count). The normalized spacial score (nSPS) is 11.3. The molecule has 4 aromatic heterocycles. The molecule has 0 aliphatic carbocycles. The van der Waals surface area contributed by atoms with Gasteiger partial charge in [0.05, 0.1) is 36.2 Å². The molecular weight excluding hydrogens is 438 g/mol. The number of pyridine rings is 1. The first-order valence-corrected chi connectivity index (χ1v) is 11.3. The van der Waals surface area contributed by atoms with Crippen LogP contribution in [0.1, 0.15) is 30.2 Å². The van der Waals surface area contributed by atoms with Crippen molar-refractivity contribution in [1.82, 2.24) is 19.7 Å². The number of carbonyl (C=O) groups is 1. The largest absolute Gasteiger partial charge is 0.496 e. The Bertz CT molecular complexity index is 1440. The number of methoxy groups -OCH3 is 1. The molecule has 0 aliphatic rings. The molecule has 0 saturated carbocycles. The van der Waals surface area contributed by atoms with Crippen molar-refractivity contribution in [1.29, 1.82) is 0 Å². The van der Waals surface area contributed by atoms with Gasteiger partial charge in [0.15, 0.2) is 16.5 Å². The second-order valence-corrected chi connectivity index (χ2v) is 8.50. The van der Waals surface area contributed by atoms with Crippen LogP contribution in [0.3, 0.4) is 0 Å². The van der Waals surface area contributed by atoms with Gasteiger partial charge in [0.25, 0.3) is 5.91 Å². The standard InChI is InChI=1S/C24H21N5O3S/c1-14(2)29-22-17(12-25-29)16(11-18(26-22)21-9-6-10-32-21)23(30)28-24-27-19(13-33-24)15-7-4-5-8-20(15)31-3/h4-14H,1-3H3,(H,27,28,30). The SMILES string of the molecule is COc1ccccc1-c1csc(NC(=O)c2cc(-c3ccco3)nc3c2cnn3C(C)C)n1. The van der Waals surface area contributed by atoms with E-state index in [2.05, 4.69) is 15.4 Å². The molecule has 33 heavy (non-hydrogen) atoms. The van der Waals surface area contributed by atoms with Crippen molar-refractivity contribution < 1.29 is 13.9 Å². The van der Waals surface area contributed by atoms with Crippen molar-refractivity contribution in [2.45, 2.75) is 19.9 Å². The van der Waals surface area contributed by atoms with E-state index >= 15 is 0 Å². The van der Waals surface area contributed by atoms with Crippen molar-refractivity contribution in [3.63, 3.8) is 0 Å². The number of amides is 1. The number of anilines is 1. The molecule has 0 radical (unpaired) electrons. The summed E-state index contributed by atoms with van der Waals surface area (Å²) >= 11 is 1.35. The topological polar surface area (TPSA) is 95.1 Å². The van der Waals surface area contributed by atoms with Crippen LogP contribution in [0.25, 0.3) is 33.7 Å². The van der Waals surface area contributed by atoms with Crippen LogP contribution in [-0.2, 0) is 0 Å². The van der Waals surface area contributed by atoms with Gasteiger partial charge < -0.3 is 9.15 Å². The maximum absolute atomic E-state index is 13.3. The molecule has 9 heteroatoms. The zero-order valence-electron chi connectivity index (χ0n) is 18.3. The van der Waals surface area contributed by atoms with E-state index in [4.69, 9.17) is 14.1 Å². The van der Waals surface area contributed by atoms with Gasteiger partial charge >= 0.3 is 0 Å². The number of carbonyl (C=O) groups excluding carboxylic acids is 1. The van der Waals surface area contributed by atoms with Crippen LogP contribution in [0.2, 0.25) is 0 Å². The predicted octanol–water partition coefficient (Wildman–Crippen LogP) is 5.66. The van der Waals surface area contributed by atoms with Crippen molar-refractivity contribution in [3.8, 4) is 28.5 Å². The van der Waals surface area contributed by atoms with Gasteiger partial charge in [-0.15, -0.1) is 11.3 Å². The number of hydrogen-bond donors (Lipinski definition) is 1. The number of nitrogens with zero attached hydrogens (tertiary/aromatic N) is 4. The Labute approximate surface area is 193 Å². The second-order valence-electron chi connectivity index (χ2n) is 7.64. The number of ether oxygens (including phenoxy) is 1. The fraction of sp³-hybridized carbons (Fsp3) is 0.167. The first kappa shape index (κ1) is 20.9. The molecule has 0 atom stereocenters. The number of rotatable bonds is 6. The lowest BCUT2D eigenvalue weighted by Crippen LogP contribution is -2.13. The van der Waals surface area contributed by atoms with Crippen LogP contribution in [0.15, 0.2) is 64.7 Å². The Morgan fingerprint density at radius 1 is 1.15 bits per heavy atom. The molecule has 0 bridgehead atoms. The molecule has 166 valence electrons. The summed E-state index contributed by atoms with van der Waals surface area (Å²) in [5, 5.41) is 10.4. The van der Waals surface area contributed by atoms with E-state index in [1.807, 2.05) is 49.6 Å². The summed E-state index contributed by atoms with van der Waals surface area (Å²) in [5.74, 6) is 1.01. The number of aromatic nitrogens is 4. The summed E-state index contributed by atoms with van der Waals surface area (Å²) in [5.41, 5.74) is 3.23. The van der Waals surface area contributed by atoms with Crippen molar-refractivity contribution in [3.05, 3.63) is 65.9 Å². The van der Waals surface area contributed by atoms with E-state index in [1.54, 1.807) is 36.4 Å². The van der Waals surface area contributed by atoms with Gasteiger partial charge in [0, 0.05) is 17.0 Å². The van der Waals surface area contributed by atoms with E-state index < -0.39 is 0 Å². The third-order valence-electron chi connectivity index (χ3n) is 5.18. The van der Waals surface area contributed by atoms with E-state index in [0.717, 1.165) is 17.0 Å². The molecule has 0 unspecified atom stereocenters. The van der Waals surface area contributed by atoms with Crippen LogP contribution in [0.5, 0.6) is 5.75 Å². The maximum Gasteiger partial charge on any atom is 0.258 e. The molecule has 1 aromatic carbocycles. The molecule has 0 fully saturated rings. The predicted molar refractivity (Wildman–Crippen MR) is 128 cm³/mol. The van der Waals surface area contributed by atoms with Crippen LogP contribution in [0, 0.1) is 0 Å². The van der Waals surface area contributed by atoms with E-state index in [0.29, 0.717) is 33.2 Å². The highest BCUT2D eigenvalue weighted by molar-refractivity contribution is 7.14.